The number of fused-ring (bicyclic) bond motifs is 1. The number of carbonyl (C=O) groups is 1. The Bertz CT molecular complexity index is 755. The lowest BCUT2D eigenvalue weighted by Crippen LogP contribution is -2.25. The van der Waals surface area contributed by atoms with Crippen molar-refractivity contribution in [3.05, 3.63) is 37.9 Å². The van der Waals surface area contributed by atoms with Gasteiger partial charge in [-0.1, -0.05) is 0 Å². The van der Waals surface area contributed by atoms with Gasteiger partial charge in [0.25, 0.3) is 5.56 Å². The van der Waals surface area contributed by atoms with E-state index in [0.29, 0.717) is 0 Å². The number of nitrogens with one attached hydrogen (secondary N) is 1. The van der Waals surface area contributed by atoms with Crippen molar-refractivity contribution in [2.24, 2.45) is 0 Å². The van der Waals surface area contributed by atoms with Gasteiger partial charge < -0.3 is 5.32 Å². The van der Waals surface area contributed by atoms with Crippen LogP contribution in [0.3, 0.4) is 0 Å². The van der Waals surface area contributed by atoms with Gasteiger partial charge in [-0.3, -0.25) is 14.0 Å². The van der Waals surface area contributed by atoms with Crippen molar-refractivity contribution < 1.29 is 18.0 Å². The molecule has 1 N–H and O–H groups in total. The van der Waals surface area contributed by atoms with Crippen molar-refractivity contribution in [2.75, 3.05) is 5.32 Å². The molecule has 0 aliphatic carbocycles. The smallest absolute Gasteiger partial charge is 0.326 e. The van der Waals surface area contributed by atoms with E-state index >= 15 is 0 Å². The topological polar surface area (TPSA) is 63.5 Å². The van der Waals surface area contributed by atoms with E-state index in [1.807, 2.05) is 0 Å². The first-order chi connectivity index (χ1) is 9.20. The Morgan fingerprint density at radius 2 is 2.10 bits per heavy atom. The summed E-state index contributed by atoms with van der Waals surface area (Å²) < 4.78 is 38.8. The molecule has 0 aliphatic heterocycles. The number of nitrogens with zero attached hydrogens (tertiary/aromatic N) is 2. The second kappa shape index (κ2) is 5.04. The fourth-order valence-corrected chi connectivity index (χ4v) is 2.27. The molecule has 0 fully saturated rings. The molecule has 0 bridgehead atoms. The quantitative estimate of drug-likeness (QED) is 0.752. The normalized spacial score (nSPS) is 11.7. The van der Waals surface area contributed by atoms with Gasteiger partial charge >= 0.3 is 6.18 Å². The number of hydrogen-bond acceptors (Lipinski definition) is 3. The maximum Gasteiger partial charge on any atom is 0.434 e. The van der Waals surface area contributed by atoms with E-state index in [4.69, 9.17) is 0 Å². The van der Waals surface area contributed by atoms with Crippen LogP contribution in [0.4, 0.5) is 18.9 Å². The minimum absolute atomic E-state index is 0.186. The SMILES string of the molecule is CC(=O)Nc1ccn2c(=O)c(I)c(C(F)(F)F)nc2c1. The third kappa shape index (κ3) is 2.76. The van der Waals surface area contributed by atoms with Gasteiger partial charge in [0.15, 0.2) is 5.69 Å². The van der Waals surface area contributed by atoms with E-state index in [2.05, 4.69) is 10.3 Å². The van der Waals surface area contributed by atoms with Crippen molar-refractivity contribution in [3.63, 3.8) is 0 Å². The largest absolute Gasteiger partial charge is 0.434 e. The summed E-state index contributed by atoms with van der Waals surface area (Å²) in [5.74, 6) is -0.377. The number of alkyl halides is 3. The zero-order chi connectivity index (χ0) is 15.1. The Balaban J connectivity index is 2.72. The Morgan fingerprint density at radius 3 is 2.65 bits per heavy atom. The fourth-order valence-electron chi connectivity index (χ4n) is 1.59. The van der Waals surface area contributed by atoms with Crippen LogP contribution in [0.1, 0.15) is 12.6 Å². The summed E-state index contributed by atoms with van der Waals surface area (Å²) in [7, 11) is 0. The van der Waals surface area contributed by atoms with Crippen molar-refractivity contribution in [1.82, 2.24) is 9.38 Å². The highest BCUT2D eigenvalue weighted by atomic mass is 127. The number of pyridine rings is 1. The minimum Gasteiger partial charge on any atom is -0.326 e. The number of anilines is 1. The first kappa shape index (κ1) is 14.8. The molecular formula is C11H7F3IN3O2. The van der Waals surface area contributed by atoms with Crippen molar-refractivity contribution in [2.45, 2.75) is 13.1 Å². The molecule has 1 amide bonds. The van der Waals surface area contributed by atoms with Crippen LogP contribution in [0, 0.1) is 3.57 Å². The molecule has 0 aliphatic rings. The third-order valence-corrected chi connectivity index (χ3v) is 3.34. The van der Waals surface area contributed by atoms with E-state index in [-0.39, 0.29) is 17.2 Å². The Kier molecular flexibility index (Phi) is 3.71. The van der Waals surface area contributed by atoms with Gasteiger partial charge in [-0.05, 0) is 28.7 Å². The minimum atomic E-state index is -4.71. The van der Waals surface area contributed by atoms with Crippen LogP contribution in [-0.2, 0) is 11.0 Å². The van der Waals surface area contributed by atoms with Gasteiger partial charge in [-0.15, -0.1) is 0 Å². The van der Waals surface area contributed by atoms with Crippen LogP contribution < -0.4 is 10.9 Å². The summed E-state index contributed by atoms with van der Waals surface area (Å²) in [6.45, 7) is 1.26. The predicted molar refractivity (Wildman–Crippen MR) is 73.5 cm³/mol. The molecule has 0 spiro atoms. The molecule has 106 valence electrons. The Labute approximate surface area is 124 Å². The maximum atomic E-state index is 12.8. The molecule has 2 rings (SSSR count). The van der Waals surface area contributed by atoms with Crippen LogP contribution in [0.15, 0.2) is 23.1 Å². The number of amides is 1. The van der Waals surface area contributed by atoms with Crippen LogP contribution >= 0.6 is 22.6 Å². The molecule has 9 heteroatoms. The molecule has 0 saturated heterocycles. The summed E-state index contributed by atoms with van der Waals surface area (Å²) in [6.07, 6.45) is -3.45. The van der Waals surface area contributed by atoms with Crippen LogP contribution in [0.5, 0.6) is 0 Å². The number of hydrogen-bond donors (Lipinski definition) is 1. The van der Waals surface area contributed by atoms with E-state index < -0.39 is 21.0 Å². The highest BCUT2D eigenvalue weighted by Gasteiger charge is 2.36. The van der Waals surface area contributed by atoms with Gasteiger partial charge in [0.05, 0.1) is 0 Å². The van der Waals surface area contributed by atoms with Crippen molar-refractivity contribution in [3.8, 4) is 0 Å². The van der Waals surface area contributed by atoms with Crippen molar-refractivity contribution >= 4 is 39.8 Å². The molecule has 5 nitrogen and oxygen atoms in total. The number of carbonyl (C=O) groups excluding carboxylic acids is 1. The lowest BCUT2D eigenvalue weighted by molar-refractivity contribution is -0.141. The molecule has 0 saturated carbocycles. The standard InChI is InChI=1S/C11H7F3IN3O2/c1-5(19)16-6-2-3-18-7(4-6)17-9(11(12,13)14)8(15)10(18)20/h2-4H,1H3,(H,16,19). The molecule has 0 radical (unpaired) electrons. The van der Waals surface area contributed by atoms with Crippen LogP contribution in [-0.4, -0.2) is 15.3 Å². The molecule has 2 aromatic heterocycles. The Hall–Kier alpha value is -1.65. The average molecular weight is 397 g/mol. The zero-order valence-electron chi connectivity index (χ0n) is 9.95. The molecule has 20 heavy (non-hydrogen) atoms. The molecule has 0 aromatic carbocycles. The summed E-state index contributed by atoms with van der Waals surface area (Å²) in [6, 6.07) is 2.61. The first-order valence-electron chi connectivity index (χ1n) is 5.27. The summed E-state index contributed by atoms with van der Waals surface area (Å²) in [4.78, 5) is 26.2. The molecular weight excluding hydrogens is 390 g/mol. The van der Waals surface area contributed by atoms with Gasteiger partial charge in [-0.2, -0.15) is 13.2 Å². The first-order valence-corrected chi connectivity index (χ1v) is 6.34. The molecule has 2 heterocycles. The molecule has 0 atom stereocenters. The summed E-state index contributed by atoms with van der Waals surface area (Å²) in [5.41, 5.74) is -1.96. The monoisotopic (exact) mass is 397 g/mol. The second-order valence-corrected chi connectivity index (χ2v) is 4.98. The molecule has 0 unspecified atom stereocenters. The predicted octanol–water partition coefficient (Wildman–Crippen LogP) is 2.28. The number of aromatic nitrogens is 2. The Morgan fingerprint density at radius 1 is 1.45 bits per heavy atom. The van der Waals surface area contributed by atoms with Gasteiger partial charge in [0.2, 0.25) is 5.91 Å². The maximum absolute atomic E-state index is 12.8. The summed E-state index contributed by atoms with van der Waals surface area (Å²) in [5, 5.41) is 2.41. The number of halogens is 4. The van der Waals surface area contributed by atoms with Gasteiger partial charge in [0.1, 0.15) is 9.22 Å². The lowest BCUT2D eigenvalue weighted by Gasteiger charge is -2.10. The lowest BCUT2D eigenvalue weighted by atomic mass is 10.3. The fraction of sp³-hybridized carbons (Fsp3) is 0.182. The van der Waals surface area contributed by atoms with Gasteiger partial charge in [0, 0.05) is 24.9 Å². The molecule has 2 aromatic rings. The van der Waals surface area contributed by atoms with E-state index in [9.17, 15) is 22.8 Å². The van der Waals surface area contributed by atoms with Crippen molar-refractivity contribution in [1.29, 1.82) is 0 Å². The number of rotatable bonds is 1. The second-order valence-electron chi connectivity index (χ2n) is 3.90. The van der Waals surface area contributed by atoms with E-state index in [1.54, 1.807) is 0 Å². The summed E-state index contributed by atoms with van der Waals surface area (Å²) >= 11 is 1.32. The van der Waals surface area contributed by atoms with E-state index in [0.717, 1.165) is 4.40 Å². The van der Waals surface area contributed by atoms with E-state index in [1.165, 1.54) is 47.8 Å². The third-order valence-electron chi connectivity index (χ3n) is 2.36. The zero-order valence-corrected chi connectivity index (χ0v) is 12.1. The van der Waals surface area contributed by atoms with Gasteiger partial charge in [-0.25, -0.2) is 4.98 Å². The highest BCUT2D eigenvalue weighted by molar-refractivity contribution is 14.1. The van der Waals surface area contributed by atoms with Crippen LogP contribution in [0.2, 0.25) is 0 Å². The average Bonchev–Trinajstić information content (AvgIpc) is 2.31. The highest BCUT2D eigenvalue weighted by Crippen LogP contribution is 2.30. The van der Waals surface area contributed by atoms with Crippen LogP contribution in [0.25, 0.3) is 5.65 Å².